The third-order valence-electron chi connectivity index (χ3n) is 4.00. The van der Waals surface area contributed by atoms with E-state index in [1.807, 2.05) is 18.2 Å². The predicted molar refractivity (Wildman–Crippen MR) is 121 cm³/mol. The van der Waals surface area contributed by atoms with Crippen LogP contribution in [0, 0.1) is 11.3 Å². The Morgan fingerprint density at radius 2 is 1.57 bits per heavy atom. The number of hydrogen-bond acceptors (Lipinski definition) is 3. The van der Waals surface area contributed by atoms with Gasteiger partial charge in [-0.25, -0.2) is 0 Å². The maximum Gasteiger partial charge on any atom is 0.266 e. The number of nitrogens with one attached hydrogen (secondary N) is 1. The fourth-order valence-corrected chi connectivity index (χ4v) is 3.20. The summed E-state index contributed by atoms with van der Waals surface area (Å²) in [6.45, 7) is 0.403. The quantitative estimate of drug-likeness (QED) is 0.328. The van der Waals surface area contributed by atoms with Gasteiger partial charge >= 0.3 is 0 Å². The van der Waals surface area contributed by atoms with E-state index in [4.69, 9.17) is 39.5 Å². The van der Waals surface area contributed by atoms with Crippen LogP contribution in [0.4, 0.5) is 5.69 Å². The second-order valence-corrected chi connectivity index (χ2v) is 7.58. The van der Waals surface area contributed by atoms with Gasteiger partial charge in [0.25, 0.3) is 5.91 Å². The summed E-state index contributed by atoms with van der Waals surface area (Å²) in [4.78, 5) is 12.4. The van der Waals surface area contributed by atoms with Gasteiger partial charge < -0.3 is 10.1 Å². The zero-order valence-corrected chi connectivity index (χ0v) is 17.8. The zero-order chi connectivity index (χ0) is 21.5. The van der Waals surface area contributed by atoms with Gasteiger partial charge in [-0.1, -0.05) is 59.1 Å². The molecule has 30 heavy (non-hydrogen) atoms. The van der Waals surface area contributed by atoms with Crippen molar-refractivity contribution in [3.8, 4) is 11.8 Å². The summed E-state index contributed by atoms with van der Waals surface area (Å²) < 4.78 is 5.73. The van der Waals surface area contributed by atoms with E-state index in [1.165, 1.54) is 6.08 Å². The number of hydrogen-bond donors (Lipinski definition) is 1. The zero-order valence-electron chi connectivity index (χ0n) is 15.5. The minimum Gasteiger partial charge on any atom is -0.489 e. The number of anilines is 1. The molecule has 0 unspecified atom stereocenters. The van der Waals surface area contributed by atoms with E-state index in [1.54, 1.807) is 54.6 Å². The van der Waals surface area contributed by atoms with E-state index in [0.29, 0.717) is 38.7 Å². The fourth-order valence-electron chi connectivity index (χ4n) is 2.55. The van der Waals surface area contributed by atoms with Gasteiger partial charge in [-0.3, -0.25) is 4.79 Å². The van der Waals surface area contributed by atoms with Gasteiger partial charge in [0.1, 0.15) is 24.0 Å². The summed E-state index contributed by atoms with van der Waals surface area (Å²) in [7, 11) is 0. The van der Waals surface area contributed by atoms with Crippen molar-refractivity contribution in [2.24, 2.45) is 0 Å². The highest BCUT2D eigenvalue weighted by atomic mass is 35.5. The number of nitriles is 1. The number of halogens is 3. The Hall–Kier alpha value is -2.97. The van der Waals surface area contributed by atoms with Gasteiger partial charge in [-0.05, 0) is 59.7 Å². The second kappa shape index (κ2) is 10.2. The Balaban J connectivity index is 1.65. The lowest BCUT2D eigenvalue weighted by atomic mass is 10.1. The normalized spacial score (nSPS) is 10.9. The van der Waals surface area contributed by atoms with E-state index in [-0.39, 0.29) is 5.57 Å². The molecule has 0 spiro atoms. The summed E-state index contributed by atoms with van der Waals surface area (Å²) in [5.41, 5.74) is 2.03. The van der Waals surface area contributed by atoms with E-state index in [0.717, 1.165) is 5.56 Å². The van der Waals surface area contributed by atoms with Crippen LogP contribution in [-0.4, -0.2) is 5.91 Å². The van der Waals surface area contributed by atoms with Crippen LogP contribution in [0.15, 0.2) is 72.3 Å². The van der Waals surface area contributed by atoms with E-state index < -0.39 is 5.91 Å². The van der Waals surface area contributed by atoms with Crippen molar-refractivity contribution < 1.29 is 9.53 Å². The average Bonchev–Trinajstić information content (AvgIpc) is 2.71. The van der Waals surface area contributed by atoms with Gasteiger partial charge in [0.15, 0.2) is 0 Å². The van der Waals surface area contributed by atoms with Crippen LogP contribution >= 0.6 is 34.8 Å². The maximum atomic E-state index is 12.4. The molecule has 3 aromatic rings. The van der Waals surface area contributed by atoms with Gasteiger partial charge in [-0.15, -0.1) is 0 Å². The molecule has 0 aliphatic rings. The SMILES string of the molecule is N#CC(=Cc1ccc(OCc2ccc(Cl)cc2)cc1)C(=O)Nc1cc(Cl)cc(Cl)c1. The lowest BCUT2D eigenvalue weighted by Crippen LogP contribution is -2.13. The van der Waals surface area contributed by atoms with Gasteiger partial charge in [-0.2, -0.15) is 5.26 Å². The Morgan fingerprint density at radius 1 is 0.933 bits per heavy atom. The molecule has 3 aromatic carbocycles. The van der Waals surface area contributed by atoms with E-state index in [9.17, 15) is 10.1 Å². The van der Waals surface area contributed by atoms with Crippen LogP contribution in [0.2, 0.25) is 15.1 Å². The smallest absolute Gasteiger partial charge is 0.266 e. The minimum absolute atomic E-state index is 0.0547. The Labute approximate surface area is 189 Å². The molecule has 0 heterocycles. The highest BCUT2D eigenvalue weighted by Gasteiger charge is 2.10. The maximum absolute atomic E-state index is 12.4. The highest BCUT2D eigenvalue weighted by molar-refractivity contribution is 6.35. The molecule has 0 aliphatic carbocycles. The molecule has 0 aliphatic heterocycles. The molecule has 4 nitrogen and oxygen atoms in total. The van der Waals surface area contributed by atoms with Crippen molar-refractivity contribution in [2.75, 3.05) is 5.32 Å². The third-order valence-corrected chi connectivity index (χ3v) is 4.68. The predicted octanol–water partition coefficient (Wildman–Crippen LogP) is 6.77. The largest absolute Gasteiger partial charge is 0.489 e. The lowest BCUT2D eigenvalue weighted by Gasteiger charge is -2.07. The van der Waals surface area contributed by atoms with Crippen molar-refractivity contribution in [2.45, 2.75) is 6.61 Å². The van der Waals surface area contributed by atoms with Crippen LogP contribution in [0.25, 0.3) is 6.08 Å². The summed E-state index contributed by atoms with van der Waals surface area (Å²) in [6.07, 6.45) is 1.49. The summed E-state index contributed by atoms with van der Waals surface area (Å²) in [5.74, 6) is 0.109. The Kier molecular flexibility index (Phi) is 7.37. The van der Waals surface area contributed by atoms with E-state index in [2.05, 4.69) is 5.32 Å². The number of carbonyl (C=O) groups is 1. The van der Waals surface area contributed by atoms with Gasteiger partial charge in [0, 0.05) is 20.8 Å². The average molecular weight is 458 g/mol. The van der Waals surface area contributed by atoms with E-state index >= 15 is 0 Å². The van der Waals surface area contributed by atoms with Crippen LogP contribution in [0.5, 0.6) is 5.75 Å². The van der Waals surface area contributed by atoms with Crippen LogP contribution in [0.3, 0.4) is 0 Å². The molecule has 0 bridgehead atoms. The second-order valence-electron chi connectivity index (χ2n) is 6.27. The molecule has 0 radical (unpaired) electrons. The molecule has 0 fully saturated rings. The van der Waals surface area contributed by atoms with Crippen molar-refractivity contribution in [3.63, 3.8) is 0 Å². The fraction of sp³-hybridized carbons (Fsp3) is 0.0435. The number of nitrogens with zero attached hydrogens (tertiary/aromatic N) is 1. The monoisotopic (exact) mass is 456 g/mol. The number of rotatable bonds is 6. The molecule has 0 aromatic heterocycles. The minimum atomic E-state index is -0.557. The first-order valence-electron chi connectivity index (χ1n) is 8.79. The number of benzene rings is 3. The molecule has 0 saturated carbocycles. The molecule has 1 N–H and O–H groups in total. The first-order valence-corrected chi connectivity index (χ1v) is 9.93. The van der Waals surface area contributed by atoms with Crippen molar-refractivity contribution in [1.29, 1.82) is 5.26 Å². The summed E-state index contributed by atoms with van der Waals surface area (Å²) in [6, 6.07) is 21.0. The summed E-state index contributed by atoms with van der Waals surface area (Å²) >= 11 is 17.7. The van der Waals surface area contributed by atoms with Crippen LogP contribution in [0.1, 0.15) is 11.1 Å². The van der Waals surface area contributed by atoms with Crippen molar-refractivity contribution >= 4 is 52.5 Å². The first kappa shape index (κ1) is 21.7. The number of amides is 1. The lowest BCUT2D eigenvalue weighted by molar-refractivity contribution is -0.112. The molecule has 1 amide bonds. The molecule has 3 rings (SSSR count). The topological polar surface area (TPSA) is 62.1 Å². The number of ether oxygens (including phenoxy) is 1. The molecule has 150 valence electrons. The standard InChI is InChI=1S/C23H15Cl3N2O2/c24-18-5-1-16(2-6-18)14-30-22-7-3-15(4-8-22)9-17(13-27)23(29)28-21-11-19(25)10-20(26)12-21/h1-12H,14H2,(H,28,29). The molecule has 0 atom stereocenters. The van der Waals surface area contributed by atoms with Crippen LogP contribution < -0.4 is 10.1 Å². The van der Waals surface area contributed by atoms with Crippen LogP contribution in [-0.2, 0) is 11.4 Å². The van der Waals surface area contributed by atoms with Crippen molar-refractivity contribution in [3.05, 3.63) is 98.5 Å². The molecular formula is C23H15Cl3N2O2. The van der Waals surface area contributed by atoms with Crippen molar-refractivity contribution in [1.82, 2.24) is 0 Å². The first-order chi connectivity index (χ1) is 14.4. The Morgan fingerprint density at radius 3 is 2.17 bits per heavy atom. The van der Waals surface area contributed by atoms with Gasteiger partial charge in [0.2, 0.25) is 0 Å². The molecule has 0 saturated heterocycles. The Bertz CT molecular complexity index is 1100. The molecule has 7 heteroatoms. The number of carbonyl (C=O) groups excluding carboxylic acids is 1. The highest BCUT2D eigenvalue weighted by Crippen LogP contribution is 2.23. The molecular weight excluding hydrogens is 443 g/mol. The van der Waals surface area contributed by atoms with Gasteiger partial charge in [0.05, 0.1) is 0 Å². The summed E-state index contributed by atoms with van der Waals surface area (Å²) in [5, 5.41) is 13.4. The third kappa shape index (κ3) is 6.27.